The molecule has 0 saturated heterocycles. The third-order valence-corrected chi connectivity index (χ3v) is 3.64. The zero-order chi connectivity index (χ0) is 15.2. The number of nitrogens with zero attached hydrogens (tertiary/aromatic N) is 4. The van der Waals surface area contributed by atoms with E-state index in [0.717, 1.165) is 5.96 Å². The molecule has 1 N–H and O–H groups in total. The van der Waals surface area contributed by atoms with Gasteiger partial charge in [-0.1, -0.05) is 5.16 Å². The normalized spacial score (nSPS) is 10.7. The highest BCUT2D eigenvalue weighted by molar-refractivity contribution is 14.0. The predicted octanol–water partition coefficient (Wildman–Crippen LogP) is 0.191. The van der Waals surface area contributed by atoms with Crippen LogP contribution in [0, 0.1) is 0 Å². The molecule has 0 aliphatic heterocycles. The monoisotopic (exact) mass is 431 g/mol. The molecule has 0 radical (unpaired) electrons. The van der Waals surface area contributed by atoms with Gasteiger partial charge in [0.15, 0.2) is 5.96 Å². The van der Waals surface area contributed by atoms with Crippen molar-refractivity contribution in [2.75, 3.05) is 41.3 Å². The van der Waals surface area contributed by atoms with Gasteiger partial charge in [0.05, 0.1) is 12.2 Å². The zero-order valence-corrected chi connectivity index (χ0v) is 15.8. The number of rotatable bonds is 6. The van der Waals surface area contributed by atoms with Crippen molar-refractivity contribution >= 4 is 40.0 Å². The average Bonchev–Trinajstić information content (AvgIpc) is 2.79. The highest BCUT2D eigenvalue weighted by atomic mass is 127. The first-order chi connectivity index (χ1) is 9.32. The summed E-state index contributed by atoms with van der Waals surface area (Å²) >= 11 is 0. The molecule has 1 heterocycles. The summed E-state index contributed by atoms with van der Waals surface area (Å²) in [5, 5.41) is 3.57. The lowest BCUT2D eigenvalue weighted by Gasteiger charge is -2.22. The highest BCUT2D eigenvalue weighted by Crippen LogP contribution is 2.00. The van der Waals surface area contributed by atoms with Gasteiger partial charge in [-0.3, -0.25) is 4.99 Å². The number of aromatic nitrogens is 1. The lowest BCUT2D eigenvalue weighted by molar-refractivity contribution is 0.413. The van der Waals surface area contributed by atoms with E-state index in [-0.39, 0.29) is 36.3 Å². The molecule has 0 bridgehead atoms. The van der Waals surface area contributed by atoms with E-state index < -0.39 is 10.0 Å². The Hall–Kier alpha value is -0.880. The smallest absolute Gasteiger partial charge is 0.217 e. The van der Waals surface area contributed by atoms with E-state index in [1.54, 1.807) is 0 Å². The van der Waals surface area contributed by atoms with E-state index in [4.69, 9.17) is 0 Å². The van der Waals surface area contributed by atoms with Crippen molar-refractivity contribution in [2.45, 2.75) is 5.75 Å². The molecule has 1 aromatic rings. The maximum Gasteiger partial charge on any atom is 0.217 e. The van der Waals surface area contributed by atoms with Crippen molar-refractivity contribution in [3.8, 4) is 0 Å². The summed E-state index contributed by atoms with van der Waals surface area (Å²) in [5.74, 6) is 0.585. The molecule has 0 unspecified atom stereocenters. The van der Waals surface area contributed by atoms with E-state index in [1.807, 2.05) is 38.0 Å². The summed E-state index contributed by atoms with van der Waals surface area (Å²) in [7, 11) is 4.12. The molecule has 122 valence electrons. The van der Waals surface area contributed by atoms with Crippen molar-refractivity contribution in [2.24, 2.45) is 4.99 Å². The Morgan fingerprint density at radius 2 is 1.95 bits per heavy atom. The molecule has 0 aliphatic rings. The molecule has 1 aromatic heterocycles. The summed E-state index contributed by atoms with van der Waals surface area (Å²) < 4.78 is 30.6. The Balaban J connectivity index is 0.00000400. The van der Waals surface area contributed by atoms with E-state index in [9.17, 15) is 8.42 Å². The molecule has 0 aliphatic carbocycles. The summed E-state index contributed by atoms with van der Waals surface area (Å²) in [5.41, 5.74) is 0.378. The zero-order valence-electron chi connectivity index (χ0n) is 12.6. The van der Waals surface area contributed by atoms with Crippen LogP contribution in [0.3, 0.4) is 0 Å². The summed E-state index contributed by atoms with van der Waals surface area (Å²) in [4.78, 5) is 8.06. The van der Waals surface area contributed by atoms with Crippen LogP contribution in [0.15, 0.2) is 21.8 Å². The maximum atomic E-state index is 11.7. The lowest BCUT2D eigenvalue weighted by atomic mass is 10.5. The second-order valence-corrected chi connectivity index (χ2v) is 6.42. The minimum Gasteiger partial charge on any atom is -0.364 e. The molecule has 0 saturated carbocycles. The largest absolute Gasteiger partial charge is 0.364 e. The van der Waals surface area contributed by atoms with Gasteiger partial charge in [0.2, 0.25) is 10.0 Å². The van der Waals surface area contributed by atoms with Crippen LogP contribution < -0.4 is 4.72 Å². The first-order valence-electron chi connectivity index (χ1n) is 6.07. The molecule has 0 atom stereocenters. The number of aliphatic imine (C=N–C) groups is 1. The second-order valence-electron chi connectivity index (χ2n) is 4.61. The van der Waals surface area contributed by atoms with E-state index in [1.165, 1.54) is 12.3 Å². The van der Waals surface area contributed by atoms with Gasteiger partial charge in [0, 0.05) is 40.8 Å². The minimum atomic E-state index is -3.41. The van der Waals surface area contributed by atoms with Crippen LogP contribution in [0.5, 0.6) is 0 Å². The number of sulfonamides is 1. The van der Waals surface area contributed by atoms with Crippen LogP contribution in [0.4, 0.5) is 0 Å². The van der Waals surface area contributed by atoms with E-state index in [0.29, 0.717) is 12.2 Å². The Labute approximate surface area is 142 Å². The number of guanidine groups is 1. The van der Waals surface area contributed by atoms with Crippen LogP contribution >= 0.6 is 24.0 Å². The maximum absolute atomic E-state index is 11.7. The molecule has 10 heteroatoms. The van der Waals surface area contributed by atoms with E-state index >= 15 is 0 Å². The highest BCUT2D eigenvalue weighted by Gasteiger charge is 2.12. The van der Waals surface area contributed by atoms with Gasteiger partial charge < -0.3 is 14.3 Å². The second kappa shape index (κ2) is 9.20. The first kappa shape index (κ1) is 20.1. The molecule has 0 aromatic carbocycles. The standard InChI is InChI=1S/C11H21N5O3S.HI/c1-15(2)11(16(3)4)12-6-7-13-20(17,18)9-10-5-8-19-14-10;/h5,8,13H,6-7,9H2,1-4H3;1H. The van der Waals surface area contributed by atoms with Gasteiger partial charge >= 0.3 is 0 Å². The molecular weight excluding hydrogens is 409 g/mol. The summed E-state index contributed by atoms with van der Waals surface area (Å²) in [6.45, 7) is 0.606. The SMILES string of the molecule is CN(C)C(=NCCNS(=O)(=O)Cc1ccon1)N(C)C.I. The molecule has 8 nitrogen and oxygen atoms in total. The first-order valence-corrected chi connectivity index (χ1v) is 7.73. The fourth-order valence-corrected chi connectivity index (χ4v) is 2.64. The minimum absolute atomic E-state index is 0. The van der Waals surface area contributed by atoms with Crippen molar-refractivity contribution < 1.29 is 12.9 Å². The van der Waals surface area contributed by atoms with Crippen LogP contribution in [0.25, 0.3) is 0 Å². The molecule has 0 fully saturated rings. The van der Waals surface area contributed by atoms with Gasteiger partial charge in [0.25, 0.3) is 0 Å². The van der Waals surface area contributed by atoms with Crippen molar-refractivity contribution in [3.05, 3.63) is 18.0 Å². The van der Waals surface area contributed by atoms with Crippen molar-refractivity contribution in [1.82, 2.24) is 19.7 Å². The Morgan fingerprint density at radius 1 is 1.33 bits per heavy atom. The van der Waals surface area contributed by atoms with Gasteiger partial charge in [0.1, 0.15) is 12.0 Å². The number of hydrogen-bond donors (Lipinski definition) is 1. The van der Waals surface area contributed by atoms with Crippen molar-refractivity contribution in [1.29, 1.82) is 0 Å². The van der Waals surface area contributed by atoms with Crippen LogP contribution in [-0.4, -0.2) is 70.6 Å². The molecule has 0 amide bonds. The van der Waals surface area contributed by atoms with Gasteiger partial charge in [-0.25, -0.2) is 13.1 Å². The molecule has 1 rings (SSSR count). The fourth-order valence-electron chi connectivity index (χ4n) is 1.60. The molecule has 21 heavy (non-hydrogen) atoms. The summed E-state index contributed by atoms with van der Waals surface area (Å²) in [6.07, 6.45) is 1.34. The quantitative estimate of drug-likeness (QED) is 0.299. The Kier molecular flexibility index (Phi) is 8.82. The number of halogens is 1. The summed E-state index contributed by atoms with van der Waals surface area (Å²) in [6, 6.07) is 1.52. The fraction of sp³-hybridized carbons (Fsp3) is 0.636. The van der Waals surface area contributed by atoms with Gasteiger partial charge in [-0.15, -0.1) is 24.0 Å². The van der Waals surface area contributed by atoms with E-state index in [2.05, 4.69) is 19.4 Å². The Morgan fingerprint density at radius 3 is 2.43 bits per heavy atom. The molecule has 0 spiro atoms. The average molecular weight is 431 g/mol. The molecular formula is C11H22IN5O3S. The Bertz CT molecular complexity index is 518. The van der Waals surface area contributed by atoms with Crippen LogP contribution in [0.1, 0.15) is 5.69 Å². The van der Waals surface area contributed by atoms with Crippen LogP contribution in [-0.2, 0) is 15.8 Å². The van der Waals surface area contributed by atoms with Crippen LogP contribution in [0.2, 0.25) is 0 Å². The number of nitrogens with one attached hydrogen (secondary N) is 1. The van der Waals surface area contributed by atoms with Gasteiger partial charge in [-0.05, 0) is 0 Å². The lowest BCUT2D eigenvalue weighted by Crippen LogP contribution is -2.36. The topological polar surface area (TPSA) is 91.0 Å². The predicted molar refractivity (Wildman–Crippen MR) is 92.2 cm³/mol. The van der Waals surface area contributed by atoms with Gasteiger partial charge in [-0.2, -0.15) is 0 Å². The van der Waals surface area contributed by atoms with Crippen molar-refractivity contribution in [3.63, 3.8) is 0 Å². The third-order valence-electron chi connectivity index (χ3n) is 2.32. The third kappa shape index (κ3) is 7.62. The number of hydrogen-bond acceptors (Lipinski definition) is 5.